The van der Waals surface area contributed by atoms with Gasteiger partial charge in [-0.3, -0.25) is 9.78 Å². The molecular weight excluding hydrogens is 418 g/mol. The van der Waals surface area contributed by atoms with E-state index in [9.17, 15) is 18.0 Å². The van der Waals surface area contributed by atoms with Crippen molar-refractivity contribution in [2.45, 2.75) is 11.8 Å². The Morgan fingerprint density at radius 1 is 1.10 bits per heavy atom. The Labute approximate surface area is 173 Å². The third-order valence-electron chi connectivity index (χ3n) is 4.33. The highest BCUT2D eigenvalue weighted by Gasteiger charge is 2.30. The minimum absolute atomic E-state index is 0.129. The van der Waals surface area contributed by atoms with Gasteiger partial charge < -0.3 is 15.5 Å². The van der Waals surface area contributed by atoms with E-state index in [1.54, 1.807) is 18.2 Å². The van der Waals surface area contributed by atoms with E-state index in [2.05, 4.69) is 15.6 Å². The summed E-state index contributed by atoms with van der Waals surface area (Å²) >= 11 is 6.17. The number of hydrogen-bond donors (Lipinski definition) is 2. The lowest BCUT2D eigenvalue weighted by molar-refractivity contribution is -0.114. The lowest BCUT2D eigenvalue weighted by atomic mass is 10.2. The van der Waals surface area contributed by atoms with Gasteiger partial charge in [0.1, 0.15) is 4.90 Å². The van der Waals surface area contributed by atoms with Gasteiger partial charge in [0.25, 0.3) is 0 Å². The summed E-state index contributed by atoms with van der Waals surface area (Å²) in [5.41, 5.74) is 0.922. The van der Waals surface area contributed by atoms with Crippen LogP contribution >= 0.6 is 11.6 Å². The number of anilines is 2. The Morgan fingerprint density at radius 3 is 2.41 bits per heavy atom. The number of halogens is 1. The first-order valence-electron chi connectivity index (χ1n) is 8.80. The number of nitrogens with one attached hydrogen (secondary N) is 2. The Balaban J connectivity index is 1.60. The molecule has 3 rings (SSSR count). The highest BCUT2D eigenvalue weighted by atomic mass is 35.5. The highest BCUT2D eigenvalue weighted by Crippen LogP contribution is 2.26. The maximum Gasteiger partial charge on any atom is 0.321 e. The Kier molecular flexibility index (Phi) is 6.36. The zero-order chi connectivity index (χ0) is 21.0. The maximum atomic E-state index is 12.6. The van der Waals surface area contributed by atoms with Crippen molar-refractivity contribution in [1.29, 1.82) is 0 Å². The van der Waals surface area contributed by atoms with Gasteiger partial charge in [-0.05, 0) is 30.3 Å². The van der Waals surface area contributed by atoms with Crippen LogP contribution in [-0.2, 0) is 14.8 Å². The highest BCUT2D eigenvalue weighted by molar-refractivity contribution is 7.89. The van der Waals surface area contributed by atoms with Gasteiger partial charge in [-0.2, -0.15) is 4.31 Å². The quantitative estimate of drug-likeness (QED) is 0.761. The summed E-state index contributed by atoms with van der Waals surface area (Å²) in [5, 5.41) is 5.60. The van der Waals surface area contributed by atoms with Crippen LogP contribution in [0.25, 0.3) is 0 Å². The van der Waals surface area contributed by atoms with Crippen LogP contribution in [0.5, 0.6) is 0 Å². The first kappa shape index (κ1) is 21.0. The normalized spacial score (nSPS) is 15.0. The molecule has 0 spiro atoms. The van der Waals surface area contributed by atoms with Gasteiger partial charge in [-0.1, -0.05) is 11.6 Å². The molecule has 0 atom stereocenters. The minimum Gasteiger partial charge on any atom is -0.326 e. The van der Waals surface area contributed by atoms with Crippen molar-refractivity contribution in [3.8, 4) is 0 Å². The van der Waals surface area contributed by atoms with Crippen LogP contribution in [0.1, 0.15) is 6.92 Å². The second-order valence-electron chi connectivity index (χ2n) is 6.39. The molecule has 9 nitrogen and oxygen atoms in total. The van der Waals surface area contributed by atoms with Crippen molar-refractivity contribution >= 4 is 44.9 Å². The van der Waals surface area contributed by atoms with Gasteiger partial charge in [-0.15, -0.1) is 0 Å². The number of carbonyl (C=O) groups excluding carboxylic acids is 2. The van der Waals surface area contributed by atoms with E-state index in [-0.39, 0.29) is 48.0 Å². The summed E-state index contributed by atoms with van der Waals surface area (Å²) in [5.74, 6) is -0.225. The fourth-order valence-corrected chi connectivity index (χ4v) is 4.49. The number of amides is 3. The standard InChI is InChI=1S/C18H20ClN5O4S/c1-13(25)21-14-4-5-17(16(19)11-14)22-18(26)23-7-9-24(10-8-23)29(27,28)15-3-2-6-20-12-15/h2-6,11-12H,7-10H2,1H3,(H,21,25)(H,22,26). The number of piperazine rings is 1. The maximum absolute atomic E-state index is 12.6. The van der Waals surface area contributed by atoms with E-state index in [1.807, 2.05) is 0 Å². The van der Waals surface area contributed by atoms with Crippen molar-refractivity contribution in [3.05, 3.63) is 47.7 Å². The first-order valence-corrected chi connectivity index (χ1v) is 10.6. The smallest absolute Gasteiger partial charge is 0.321 e. The number of urea groups is 1. The summed E-state index contributed by atoms with van der Waals surface area (Å²) in [7, 11) is -3.63. The molecule has 2 aromatic rings. The molecule has 2 N–H and O–H groups in total. The average Bonchev–Trinajstić information content (AvgIpc) is 2.70. The predicted molar refractivity (Wildman–Crippen MR) is 109 cm³/mol. The number of hydrogen-bond acceptors (Lipinski definition) is 5. The van der Waals surface area contributed by atoms with Gasteiger partial charge in [0.2, 0.25) is 15.9 Å². The van der Waals surface area contributed by atoms with Gasteiger partial charge in [0, 0.05) is 51.2 Å². The molecule has 1 aromatic heterocycles. The van der Waals surface area contributed by atoms with E-state index in [0.717, 1.165) is 0 Å². The second kappa shape index (κ2) is 8.76. The molecular formula is C18H20ClN5O4S. The van der Waals surface area contributed by atoms with E-state index in [1.165, 1.54) is 40.7 Å². The molecule has 2 heterocycles. The van der Waals surface area contributed by atoms with Crippen molar-refractivity contribution in [2.24, 2.45) is 0 Å². The fourth-order valence-electron chi connectivity index (χ4n) is 2.87. The number of nitrogens with zero attached hydrogens (tertiary/aromatic N) is 3. The van der Waals surface area contributed by atoms with Crippen LogP contribution in [-0.4, -0.2) is 60.7 Å². The zero-order valence-corrected chi connectivity index (χ0v) is 17.2. The number of benzene rings is 1. The number of aromatic nitrogens is 1. The molecule has 0 saturated carbocycles. The van der Waals surface area contributed by atoms with E-state index < -0.39 is 10.0 Å². The van der Waals surface area contributed by atoms with Gasteiger partial charge >= 0.3 is 6.03 Å². The summed E-state index contributed by atoms with van der Waals surface area (Å²) in [6, 6.07) is 7.44. The number of rotatable bonds is 4. The van der Waals surface area contributed by atoms with Gasteiger partial charge in [0.15, 0.2) is 0 Å². The molecule has 0 aliphatic carbocycles. The molecule has 1 aromatic carbocycles. The topological polar surface area (TPSA) is 112 Å². The average molecular weight is 438 g/mol. The second-order valence-corrected chi connectivity index (χ2v) is 8.73. The Bertz CT molecular complexity index is 1010. The van der Waals surface area contributed by atoms with Crippen molar-refractivity contribution in [1.82, 2.24) is 14.2 Å². The number of sulfonamides is 1. The van der Waals surface area contributed by atoms with Crippen LogP contribution in [0.4, 0.5) is 16.2 Å². The summed E-state index contributed by atoms with van der Waals surface area (Å²) < 4.78 is 26.6. The molecule has 29 heavy (non-hydrogen) atoms. The molecule has 1 aliphatic heterocycles. The van der Waals surface area contributed by atoms with Crippen molar-refractivity contribution in [2.75, 3.05) is 36.8 Å². The third-order valence-corrected chi connectivity index (χ3v) is 6.52. The van der Waals surface area contributed by atoms with Crippen LogP contribution < -0.4 is 10.6 Å². The molecule has 1 fully saturated rings. The lowest BCUT2D eigenvalue weighted by Crippen LogP contribution is -2.51. The van der Waals surface area contributed by atoms with Crippen molar-refractivity contribution < 1.29 is 18.0 Å². The van der Waals surface area contributed by atoms with Crippen LogP contribution in [0.2, 0.25) is 5.02 Å². The van der Waals surface area contributed by atoms with Gasteiger partial charge in [0.05, 0.1) is 10.7 Å². The molecule has 1 saturated heterocycles. The lowest BCUT2D eigenvalue weighted by Gasteiger charge is -2.34. The molecule has 0 radical (unpaired) electrons. The monoisotopic (exact) mass is 437 g/mol. The number of pyridine rings is 1. The van der Waals surface area contributed by atoms with Gasteiger partial charge in [-0.25, -0.2) is 13.2 Å². The molecule has 1 aliphatic rings. The van der Waals surface area contributed by atoms with Crippen LogP contribution in [0.15, 0.2) is 47.6 Å². The summed E-state index contributed by atoms with van der Waals surface area (Å²) in [6.45, 7) is 2.23. The van der Waals surface area contributed by atoms with Crippen LogP contribution in [0, 0.1) is 0 Å². The molecule has 0 bridgehead atoms. The predicted octanol–water partition coefficient (Wildman–Crippen LogP) is 2.23. The third kappa shape index (κ3) is 5.03. The van der Waals surface area contributed by atoms with Crippen LogP contribution in [0.3, 0.4) is 0 Å². The number of carbonyl (C=O) groups is 2. The van der Waals surface area contributed by atoms with Crippen molar-refractivity contribution in [3.63, 3.8) is 0 Å². The summed E-state index contributed by atoms with van der Waals surface area (Å²) in [4.78, 5) is 29.1. The SMILES string of the molecule is CC(=O)Nc1ccc(NC(=O)N2CCN(S(=O)(=O)c3cccnc3)CC2)c(Cl)c1. The Morgan fingerprint density at radius 2 is 1.83 bits per heavy atom. The molecule has 154 valence electrons. The molecule has 0 unspecified atom stereocenters. The molecule has 3 amide bonds. The van der Waals surface area contributed by atoms with E-state index in [4.69, 9.17) is 11.6 Å². The van der Waals surface area contributed by atoms with E-state index in [0.29, 0.717) is 11.4 Å². The molecule has 11 heteroatoms. The Hall–Kier alpha value is -2.69. The summed E-state index contributed by atoms with van der Waals surface area (Å²) in [6.07, 6.45) is 2.82. The first-order chi connectivity index (χ1) is 13.8. The fraction of sp³-hybridized carbons (Fsp3) is 0.278. The van der Waals surface area contributed by atoms with E-state index >= 15 is 0 Å². The minimum atomic E-state index is -3.63. The largest absolute Gasteiger partial charge is 0.326 e. The zero-order valence-electron chi connectivity index (χ0n) is 15.6.